The lowest BCUT2D eigenvalue weighted by Gasteiger charge is -2.21. The summed E-state index contributed by atoms with van der Waals surface area (Å²) in [5.74, 6) is 0. The molecule has 1 atom stereocenters. The maximum absolute atomic E-state index is 11.5. The molecule has 1 aromatic heterocycles. The molecule has 1 saturated heterocycles. The molecule has 17 heavy (non-hydrogen) atoms. The number of hydrogen-bond donors (Lipinski definition) is 2. The van der Waals surface area contributed by atoms with Crippen molar-refractivity contribution in [3.05, 3.63) is 34.2 Å². The second-order valence-electron chi connectivity index (χ2n) is 4.82. The monoisotopic (exact) mass is 235 g/mol. The van der Waals surface area contributed by atoms with Crippen LogP contribution in [0.3, 0.4) is 0 Å². The summed E-state index contributed by atoms with van der Waals surface area (Å²) in [4.78, 5) is 16.9. The second kappa shape index (κ2) is 5.98. The average Bonchev–Trinajstić information content (AvgIpc) is 2.81. The molecular formula is C13H21N3O. The van der Waals surface area contributed by atoms with Gasteiger partial charge in [0.1, 0.15) is 0 Å². The lowest BCUT2D eigenvalue weighted by atomic mass is 10.2. The Morgan fingerprint density at radius 3 is 2.94 bits per heavy atom. The molecule has 0 aromatic carbocycles. The summed E-state index contributed by atoms with van der Waals surface area (Å²) in [6.45, 7) is 6.33. The molecule has 1 fully saturated rings. The van der Waals surface area contributed by atoms with Gasteiger partial charge in [0.15, 0.2) is 5.43 Å². The molecule has 1 aromatic rings. The van der Waals surface area contributed by atoms with Crippen molar-refractivity contribution in [2.75, 3.05) is 19.6 Å². The first-order chi connectivity index (χ1) is 8.25. The zero-order valence-electron chi connectivity index (χ0n) is 10.4. The van der Waals surface area contributed by atoms with Crippen molar-refractivity contribution in [2.45, 2.75) is 32.4 Å². The Labute approximate surface area is 102 Å². The summed E-state index contributed by atoms with van der Waals surface area (Å²) in [5.41, 5.74) is 0.908. The predicted octanol–water partition coefficient (Wildman–Crippen LogP) is 0.949. The van der Waals surface area contributed by atoms with E-state index >= 15 is 0 Å². The lowest BCUT2D eigenvalue weighted by Crippen LogP contribution is -2.38. The van der Waals surface area contributed by atoms with Crippen LogP contribution >= 0.6 is 0 Å². The molecule has 0 saturated carbocycles. The van der Waals surface area contributed by atoms with Crippen LogP contribution in [-0.2, 0) is 6.54 Å². The molecule has 2 heterocycles. The summed E-state index contributed by atoms with van der Waals surface area (Å²) in [6.07, 6.45) is 6.09. The van der Waals surface area contributed by atoms with Crippen LogP contribution in [-0.4, -0.2) is 35.6 Å². The second-order valence-corrected chi connectivity index (χ2v) is 4.82. The van der Waals surface area contributed by atoms with Crippen LogP contribution in [0, 0.1) is 0 Å². The molecule has 2 rings (SSSR count). The molecule has 0 radical (unpaired) electrons. The maximum atomic E-state index is 11.5. The van der Waals surface area contributed by atoms with Crippen molar-refractivity contribution in [1.29, 1.82) is 0 Å². The highest BCUT2D eigenvalue weighted by Crippen LogP contribution is 2.07. The zero-order valence-corrected chi connectivity index (χ0v) is 10.4. The minimum absolute atomic E-state index is 0.102. The Bertz CT molecular complexity index is 396. The van der Waals surface area contributed by atoms with Gasteiger partial charge in [-0.05, 0) is 32.9 Å². The molecule has 4 heteroatoms. The van der Waals surface area contributed by atoms with Crippen molar-refractivity contribution in [2.24, 2.45) is 0 Å². The number of likely N-dealkylation sites (tertiary alicyclic amines) is 1. The molecule has 1 aliphatic rings. The fraction of sp³-hybridized carbons (Fsp3) is 0.615. The summed E-state index contributed by atoms with van der Waals surface area (Å²) < 4.78 is 0. The van der Waals surface area contributed by atoms with E-state index in [0.717, 1.165) is 12.1 Å². The van der Waals surface area contributed by atoms with E-state index in [1.54, 1.807) is 18.5 Å². The van der Waals surface area contributed by atoms with E-state index in [4.69, 9.17) is 0 Å². The van der Waals surface area contributed by atoms with E-state index in [1.165, 1.54) is 25.9 Å². The molecule has 1 unspecified atom stereocenters. The summed E-state index contributed by atoms with van der Waals surface area (Å²) in [6, 6.07) is 2.00. The fourth-order valence-corrected chi connectivity index (χ4v) is 2.29. The largest absolute Gasteiger partial charge is 0.367 e. The SMILES string of the molecule is CC(CN1CCCC1)NCc1c[nH]ccc1=O. The number of nitrogens with one attached hydrogen (secondary N) is 2. The smallest absolute Gasteiger partial charge is 0.186 e. The standard InChI is InChI=1S/C13H21N3O/c1-11(10-16-6-2-3-7-16)15-9-12-8-14-5-4-13(12)17/h4-5,8,11,15H,2-3,6-7,9-10H2,1H3,(H,14,17). The third-order valence-electron chi connectivity index (χ3n) is 3.28. The number of rotatable bonds is 5. The Morgan fingerprint density at radius 2 is 2.24 bits per heavy atom. The first-order valence-corrected chi connectivity index (χ1v) is 6.37. The number of aromatic amines is 1. The van der Waals surface area contributed by atoms with E-state index in [0.29, 0.717) is 12.6 Å². The number of pyridine rings is 1. The Balaban J connectivity index is 1.77. The number of aromatic nitrogens is 1. The highest BCUT2D eigenvalue weighted by atomic mass is 16.1. The Morgan fingerprint density at radius 1 is 1.47 bits per heavy atom. The van der Waals surface area contributed by atoms with Crippen LogP contribution in [0.15, 0.2) is 23.3 Å². The van der Waals surface area contributed by atoms with Gasteiger partial charge in [-0.25, -0.2) is 0 Å². The van der Waals surface area contributed by atoms with Crippen LogP contribution in [0.1, 0.15) is 25.3 Å². The number of nitrogens with zero attached hydrogens (tertiary/aromatic N) is 1. The van der Waals surface area contributed by atoms with Gasteiger partial charge < -0.3 is 15.2 Å². The number of H-pyrrole nitrogens is 1. The Kier molecular flexibility index (Phi) is 4.34. The van der Waals surface area contributed by atoms with Crippen molar-refractivity contribution >= 4 is 0 Å². The van der Waals surface area contributed by atoms with Crippen LogP contribution in [0.25, 0.3) is 0 Å². The third kappa shape index (κ3) is 3.68. The lowest BCUT2D eigenvalue weighted by molar-refractivity contribution is 0.298. The van der Waals surface area contributed by atoms with Crippen molar-refractivity contribution in [3.8, 4) is 0 Å². The topological polar surface area (TPSA) is 48.1 Å². The quantitative estimate of drug-likeness (QED) is 0.799. The van der Waals surface area contributed by atoms with Gasteiger partial charge in [-0.1, -0.05) is 0 Å². The highest BCUT2D eigenvalue weighted by molar-refractivity contribution is 5.08. The minimum atomic E-state index is 0.102. The van der Waals surface area contributed by atoms with Gasteiger partial charge in [-0.15, -0.1) is 0 Å². The fourth-order valence-electron chi connectivity index (χ4n) is 2.29. The Hall–Kier alpha value is -1.13. The molecular weight excluding hydrogens is 214 g/mol. The van der Waals surface area contributed by atoms with Crippen LogP contribution in [0.2, 0.25) is 0 Å². The van der Waals surface area contributed by atoms with Gasteiger partial charge >= 0.3 is 0 Å². The van der Waals surface area contributed by atoms with Gasteiger partial charge in [-0.2, -0.15) is 0 Å². The summed E-state index contributed by atoms with van der Waals surface area (Å²) in [7, 11) is 0. The van der Waals surface area contributed by atoms with Crippen molar-refractivity contribution in [3.63, 3.8) is 0 Å². The molecule has 0 bridgehead atoms. The molecule has 1 aliphatic heterocycles. The van der Waals surface area contributed by atoms with Crippen LogP contribution in [0.5, 0.6) is 0 Å². The van der Waals surface area contributed by atoms with E-state index in [1.807, 2.05) is 0 Å². The van der Waals surface area contributed by atoms with Crippen LogP contribution < -0.4 is 10.7 Å². The van der Waals surface area contributed by atoms with Gasteiger partial charge in [-0.3, -0.25) is 4.79 Å². The molecule has 0 aliphatic carbocycles. The molecule has 94 valence electrons. The van der Waals surface area contributed by atoms with E-state index < -0.39 is 0 Å². The van der Waals surface area contributed by atoms with Gasteiger partial charge in [0.2, 0.25) is 0 Å². The predicted molar refractivity (Wildman–Crippen MR) is 69.0 cm³/mol. The molecule has 4 nitrogen and oxygen atoms in total. The number of hydrogen-bond acceptors (Lipinski definition) is 3. The average molecular weight is 235 g/mol. The summed E-state index contributed by atoms with van der Waals surface area (Å²) >= 11 is 0. The van der Waals surface area contributed by atoms with E-state index in [9.17, 15) is 4.79 Å². The maximum Gasteiger partial charge on any atom is 0.186 e. The highest BCUT2D eigenvalue weighted by Gasteiger charge is 2.14. The minimum Gasteiger partial charge on any atom is -0.367 e. The van der Waals surface area contributed by atoms with Crippen molar-refractivity contribution in [1.82, 2.24) is 15.2 Å². The normalized spacial score (nSPS) is 18.4. The van der Waals surface area contributed by atoms with Gasteiger partial charge in [0.05, 0.1) is 0 Å². The molecule has 2 N–H and O–H groups in total. The third-order valence-corrected chi connectivity index (χ3v) is 3.28. The molecule has 0 spiro atoms. The van der Waals surface area contributed by atoms with Gasteiger partial charge in [0.25, 0.3) is 0 Å². The van der Waals surface area contributed by atoms with E-state index in [2.05, 4.69) is 22.1 Å². The van der Waals surface area contributed by atoms with Crippen molar-refractivity contribution < 1.29 is 0 Å². The first-order valence-electron chi connectivity index (χ1n) is 6.37. The van der Waals surface area contributed by atoms with Crippen LogP contribution in [0.4, 0.5) is 0 Å². The van der Waals surface area contributed by atoms with E-state index in [-0.39, 0.29) is 5.43 Å². The first kappa shape index (κ1) is 12.3. The molecule has 0 amide bonds. The zero-order chi connectivity index (χ0) is 12.1. The van der Waals surface area contributed by atoms with Gasteiger partial charge in [0, 0.05) is 43.2 Å². The summed E-state index contributed by atoms with van der Waals surface area (Å²) in [5, 5.41) is 3.40.